The summed E-state index contributed by atoms with van der Waals surface area (Å²) >= 11 is 0. The third kappa shape index (κ3) is 2.41. The van der Waals surface area contributed by atoms with Gasteiger partial charge in [-0.2, -0.15) is 0 Å². The van der Waals surface area contributed by atoms with Crippen LogP contribution in [0.5, 0.6) is 0 Å². The van der Waals surface area contributed by atoms with Gasteiger partial charge in [0.05, 0.1) is 16.8 Å². The SMILES string of the molecule is O=C1N=CCc2[nH]c(-c3ccnc(-c4cnc5ccccc5c4)c3)cc21. The number of nitrogens with zero attached hydrogens (tertiary/aromatic N) is 3. The van der Waals surface area contributed by atoms with Crippen LogP contribution in [-0.2, 0) is 6.42 Å². The molecule has 1 aliphatic rings. The summed E-state index contributed by atoms with van der Waals surface area (Å²) in [6, 6.07) is 15.9. The molecule has 0 saturated carbocycles. The molecule has 0 fully saturated rings. The lowest BCUT2D eigenvalue weighted by Gasteiger charge is -2.05. The molecule has 4 aromatic rings. The molecule has 1 aromatic carbocycles. The van der Waals surface area contributed by atoms with Gasteiger partial charge in [-0.25, -0.2) is 4.99 Å². The lowest BCUT2D eigenvalue weighted by Crippen LogP contribution is -2.05. The quantitative estimate of drug-likeness (QED) is 0.599. The number of fused-ring (bicyclic) bond motifs is 2. The predicted molar refractivity (Wildman–Crippen MR) is 101 cm³/mol. The lowest BCUT2D eigenvalue weighted by atomic mass is 10.1. The summed E-state index contributed by atoms with van der Waals surface area (Å²) in [5.41, 5.74) is 6.19. The Morgan fingerprint density at radius 3 is 2.81 bits per heavy atom. The van der Waals surface area contributed by atoms with Crippen molar-refractivity contribution in [3.63, 3.8) is 0 Å². The fraction of sp³-hybridized carbons (Fsp3) is 0.0476. The van der Waals surface area contributed by atoms with Crippen LogP contribution in [0.15, 0.2) is 65.9 Å². The average molecular weight is 338 g/mol. The van der Waals surface area contributed by atoms with Crippen LogP contribution in [-0.4, -0.2) is 27.1 Å². The molecule has 0 saturated heterocycles. The molecule has 1 N–H and O–H groups in total. The smallest absolute Gasteiger partial charge is 0.278 e. The molecule has 0 unspecified atom stereocenters. The molecule has 1 aliphatic heterocycles. The van der Waals surface area contributed by atoms with Gasteiger partial charge in [0, 0.05) is 52.9 Å². The van der Waals surface area contributed by atoms with Crippen LogP contribution in [0.2, 0.25) is 0 Å². The summed E-state index contributed by atoms with van der Waals surface area (Å²) in [4.78, 5) is 28.1. The van der Waals surface area contributed by atoms with Gasteiger partial charge in [-0.15, -0.1) is 0 Å². The molecule has 124 valence electrons. The van der Waals surface area contributed by atoms with Gasteiger partial charge >= 0.3 is 0 Å². The number of benzene rings is 1. The van der Waals surface area contributed by atoms with Crippen LogP contribution >= 0.6 is 0 Å². The Labute approximate surface area is 149 Å². The Morgan fingerprint density at radius 2 is 1.88 bits per heavy atom. The molecule has 1 amide bonds. The first-order valence-corrected chi connectivity index (χ1v) is 8.38. The predicted octanol–water partition coefficient (Wildman–Crippen LogP) is 4.06. The first-order valence-electron chi connectivity index (χ1n) is 8.38. The van der Waals surface area contributed by atoms with E-state index in [-0.39, 0.29) is 5.91 Å². The molecule has 3 aromatic heterocycles. The first-order chi connectivity index (χ1) is 12.8. The number of rotatable bonds is 2. The molecule has 5 rings (SSSR count). The maximum absolute atomic E-state index is 11.9. The van der Waals surface area contributed by atoms with Gasteiger partial charge in [0.2, 0.25) is 0 Å². The first kappa shape index (κ1) is 14.7. The summed E-state index contributed by atoms with van der Waals surface area (Å²) in [5, 5.41) is 1.08. The Balaban J connectivity index is 1.57. The van der Waals surface area contributed by atoms with Gasteiger partial charge in [0.15, 0.2) is 0 Å². The molecule has 4 heterocycles. The molecule has 5 heteroatoms. The Morgan fingerprint density at radius 1 is 0.962 bits per heavy atom. The van der Waals surface area contributed by atoms with E-state index in [4.69, 9.17) is 0 Å². The van der Waals surface area contributed by atoms with Crippen molar-refractivity contribution in [1.82, 2.24) is 15.0 Å². The van der Waals surface area contributed by atoms with E-state index in [0.717, 1.165) is 39.1 Å². The lowest BCUT2D eigenvalue weighted by molar-refractivity contribution is 0.100. The molecule has 0 aliphatic carbocycles. The molecule has 26 heavy (non-hydrogen) atoms. The fourth-order valence-corrected chi connectivity index (χ4v) is 3.26. The summed E-state index contributed by atoms with van der Waals surface area (Å²) in [6.45, 7) is 0. The third-order valence-corrected chi connectivity index (χ3v) is 4.59. The number of hydrogen-bond donors (Lipinski definition) is 1. The largest absolute Gasteiger partial charge is 0.357 e. The topological polar surface area (TPSA) is 71.0 Å². The summed E-state index contributed by atoms with van der Waals surface area (Å²) in [7, 11) is 0. The van der Waals surface area contributed by atoms with E-state index in [1.165, 1.54) is 0 Å². The maximum atomic E-state index is 11.9. The second kappa shape index (κ2) is 5.74. The van der Waals surface area contributed by atoms with Crippen LogP contribution in [0, 0.1) is 0 Å². The van der Waals surface area contributed by atoms with Crippen molar-refractivity contribution in [2.24, 2.45) is 4.99 Å². The molecule has 0 bridgehead atoms. The minimum absolute atomic E-state index is 0.193. The van der Waals surface area contributed by atoms with Crippen LogP contribution in [0.3, 0.4) is 0 Å². The number of H-pyrrole nitrogens is 1. The van der Waals surface area contributed by atoms with Crippen molar-refractivity contribution >= 4 is 23.0 Å². The van der Waals surface area contributed by atoms with E-state index < -0.39 is 0 Å². The highest BCUT2D eigenvalue weighted by molar-refractivity contribution is 6.04. The number of aromatic amines is 1. The van der Waals surface area contributed by atoms with Gasteiger partial charge in [0.1, 0.15) is 0 Å². The minimum atomic E-state index is -0.193. The number of nitrogens with one attached hydrogen (secondary N) is 1. The zero-order valence-electron chi connectivity index (χ0n) is 13.8. The van der Waals surface area contributed by atoms with E-state index in [0.29, 0.717) is 12.0 Å². The number of carbonyl (C=O) groups excluding carboxylic acids is 1. The normalized spacial score (nSPS) is 13.2. The number of hydrogen-bond acceptors (Lipinski definition) is 3. The Kier molecular flexibility index (Phi) is 3.25. The molecule has 0 atom stereocenters. The zero-order valence-corrected chi connectivity index (χ0v) is 13.8. The van der Waals surface area contributed by atoms with Gasteiger partial charge < -0.3 is 4.98 Å². The third-order valence-electron chi connectivity index (χ3n) is 4.59. The maximum Gasteiger partial charge on any atom is 0.278 e. The molecular weight excluding hydrogens is 324 g/mol. The van der Waals surface area contributed by atoms with Gasteiger partial charge in [-0.3, -0.25) is 14.8 Å². The van der Waals surface area contributed by atoms with E-state index in [9.17, 15) is 4.79 Å². The second-order valence-electron chi connectivity index (χ2n) is 6.24. The number of para-hydroxylation sites is 1. The fourth-order valence-electron chi connectivity index (χ4n) is 3.26. The van der Waals surface area contributed by atoms with Crippen molar-refractivity contribution < 1.29 is 4.79 Å². The van der Waals surface area contributed by atoms with Crippen molar-refractivity contribution in [3.8, 4) is 22.5 Å². The molecular formula is C21H14N4O. The van der Waals surface area contributed by atoms with Crippen LogP contribution in [0.4, 0.5) is 0 Å². The number of carbonyl (C=O) groups is 1. The zero-order chi connectivity index (χ0) is 17.5. The Bertz CT molecular complexity index is 1190. The van der Waals surface area contributed by atoms with E-state index in [1.54, 1.807) is 12.4 Å². The van der Waals surface area contributed by atoms with Crippen LogP contribution in [0.25, 0.3) is 33.4 Å². The number of pyridine rings is 2. The van der Waals surface area contributed by atoms with Gasteiger partial charge in [0.25, 0.3) is 5.91 Å². The standard InChI is InChI=1S/C21H14N4O/c26-21-16-11-20(25-18(16)6-8-23-21)14-5-7-22-19(10-14)15-9-13-3-1-2-4-17(13)24-12-15/h1-5,7-12,25H,6H2. The second-order valence-corrected chi connectivity index (χ2v) is 6.24. The number of amides is 1. The summed E-state index contributed by atoms with van der Waals surface area (Å²) < 4.78 is 0. The van der Waals surface area contributed by atoms with E-state index in [1.807, 2.05) is 48.7 Å². The highest BCUT2D eigenvalue weighted by Gasteiger charge is 2.18. The summed E-state index contributed by atoms with van der Waals surface area (Å²) in [6.07, 6.45) is 5.90. The minimum Gasteiger partial charge on any atom is -0.357 e. The van der Waals surface area contributed by atoms with Gasteiger partial charge in [-0.1, -0.05) is 18.2 Å². The summed E-state index contributed by atoms with van der Waals surface area (Å²) in [5.74, 6) is -0.193. The molecule has 0 spiro atoms. The molecule has 0 radical (unpaired) electrons. The van der Waals surface area contributed by atoms with Crippen molar-refractivity contribution in [2.45, 2.75) is 6.42 Å². The van der Waals surface area contributed by atoms with Crippen LogP contribution in [0.1, 0.15) is 16.1 Å². The highest BCUT2D eigenvalue weighted by Crippen LogP contribution is 2.28. The molecule has 5 nitrogen and oxygen atoms in total. The average Bonchev–Trinajstić information content (AvgIpc) is 3.14. The Hall–Kier alpha value is -3.60. The van der Waals surface area contributed by atoms with E-state index >= 15 is 0 Å². The van der Waals surface area contributed by atoms with Crippen LogP contribution < -0.4 is 0 Å². The van der Waals surface area contributed by atoms with Gasteiger partial charge in [-0.05, 0) is 30.3 Å². The highest BCUT2D eigenvalue weighted by atomic mass is 16.1. The number of aromatic nitrogens is 3. The van der Waals surface area contributed by atoms with Crippen molar-refractivity contribution in [3.05, 3.63) is 72.2 Å². The van der Waals surface area contributed by atoms with Crippen molar-refractivity contribution in [2.75, 3.05) is 0 Å². The van der Waals surface area contributed by atoms with E-state index in [2.05, 4.69) is 26.0 Å². The van der Waals surface area contributed by atoms with Crippen molar-refractivity contribution in [1.29, 1.82) is 0 Å². The number of aliphatic imine (C=N–C) groups is 1. The monoisotopic (exact) mass is 338 g/mol.